The Labute approximate surface area is 204 Å². The number of aromatic nitrogens is 3. The molecule has 182 valence electrons. The van der Waals surface area contributed by atoms with E-state index in [0.29, 0.717) is 53.8 Å². The Morgan fingerprint density at radius 3 is 2.88 bits per heavy atom. The van der Waals surface area contributed by atoms with Gasteiger partial charge in [0.2, 0.25) is 0 Å². The summed E-state index contributed by atoms with van der Waals surface area (Å²) >= 11 is 6.09. The third kappa shape index (κ3) is 5.35. The van der Waals surface area contributed by atoms with Gasteiger partial charge in [0, 0.05) is 24.1 Å². The lowest BCUT2D eigenvalue weighted by Crippen LogP contribution is -2.57. The molecule has 1 amide bonds. The second-order valence-corrected chi connectivity index (χ2v) is 9.76. The Hall–Kier alpha value is -2.68. The summed E-state index contributed by atoms with van der Waals surface area (Å²) in [6, 6.07) is 9.34. The van der Waals surface area contributed by atoms with Crippen LogP contribution in [0.2, 0.25) is 5.02 Å². The number of rotatable bonds is 7. The van der Waals surface area contributed by atoms with Gasteiger partial charge >= 0.3 is 0 Å². The van der Waals surface area contributed by atoms with E-state index in [2.05, 4.69) is 10.1 Å². The van der Waals surface area contributed by atoms with E-state index in [9.17, 15) is 9.90 Å². The number of nitrogens with zero attached hydrogens (tertiary/aromatic N) is 4. The number of ether oxygens (including phenoxy) is 2. The van der Waals surface area contributed by atoms with Crippen molar-refractivity contribution >= 4 is 23.2 Å². The number of morpholine rings is 1. The highest BCUT2D eigenvalue weighted by molar-refractivity contribution is 6.30. The van der Waals surface area contributed by atoms with Crippen molar-refractivity contribution in [2.45, 2.75) is 57.8 Å². The molecule has 4 rings (SSSR count). The van der Waals surface area contributed by atoms with Gasteiger partial charge in [0.25, 0.3) is 5.91 Å². The molecule has 9 heteroatoms. The molecule has 0 saturated carbocycles. The average Bonchev–Trinajstić information content (AvgIpc) is 3.21. The van der Waals surface area contributed by atoms with Crippen molar-refractivity contribution in [3.63, 3.8) is 0 Å². The number of benzene rings is 1. The van der Waals surface area contributed by atoms with E-state index in [0.717, 1.165) is 12.0 Å². The van der Waals surface area contributed by atoms with Crippen molar-refractivity contribution in [3.8, 4) is 5.75 Å². The Morgan fingerprint density at radius 1 is 1.38 bits per heavy atom. The highest BCUT2D eigenvalue weighted by atomic mass is 35.5. The summed E-state index contributed by atoms with van der Waals surface area (Å²) in [6.07, 6.45) is 3.01. The number of amides is 1. The van der Waals surface area contributed by atoms with Crippen LogP contribution in [0.3, 0.4) is 0 Å². The molecule has 8 nitrogen and oxygen atoms in total. The van der Waals surface area contributed by atoms with Crippen LogP contribution in [0.25, 0.3) is 5.65 Å². The fourth-order valence-electron chi connectivity index (χ4n) is 4.48. The van der Waals surface area contributed by atoms with Gasteiger partial charge in [-0.15, -0.1) is 0 Å². The Bertz CT molecular complexity index is 1180. The van der Waals surface area contributed by atoms with E-state index in [-0.39, 0.29) is 11.9 Å². The van der Waals surface area contributed by atoms with Crippen molar-refractivity contribution in [2.24, 2.45) is 0 Å². The Kier molecular flexibility index (Phi) is 7.12. The van der Waals surface area contributed by atoms with Gasteiger partial charge in [0.1, 0.15) is 0 Å². The normalized spacial score (nSPS) is 21.6. The van der Waals surface area contributed by atoms with Crippen molar-refractivity contribution in [2.75, 3.05) is 20.3 Å². The highest BCUT2D eigenvalue weighted by Gasteiger charge is 2.39. The summed E-state index contributed by atoms with van der Waals surface area (Å²) in [5.41, 5.74) is 1.53. The molecule has 1 N–H and O–H groups in total. The third-order valence-corrected chi connectivity index (χ3v) is 6.37. The fourth-order valence-corrected chi connectivity index (χ4v) is 4.69. The summed E-state index contributed by atoms with van der Waals surface area (Å²) in [7, 11) is 1.56. The van der Waals surface area contributed by atoms with Crippen LogP contribution in [0, 0.1) is 0 Å². The van der Waals surface area contributed by atoms with E-state index < -0.39 is 11.7 Å². The van der Waals surface area contributed by atoms with Gasteiger partial charge in [-0.2, -0.15) is 5.10 Å². The number of hydrogen-bond donors (Lipinski definition) is 1. The first-order valence-electron chi connectivity index (χ1n) is 11.5. The Balaban J connectivity index is 1.58. The third-order valence-electron chi connectivity index (χ3n) is 6.13. The minimum absolute atomic E-state index is 0.0970. The molecule has 1 saturated heterocycles. The van der Waals surface area contributed by atoms with Crippen LogP contribution in [-0.4, -0.2) is 68.5 Å². The zero-order valence-corrected chi connectivity index (χ0v) is 20.7. The summed E-state index contributed by atoms with van der Waals surface area (Å²) < 4.78 is 13.1. The predicted molar refractivity (Wildman–Crippen MR) is 130 cm³/mol. The molecule has 34 heavy (non-hydrogen) atoms. The molecule has 3 aromatic rings. The summed E-state index contributed by atoms with van der Waals surface area (Å²) in [5, 5.41) is 15.2. The zero-order valence-electron chi connectivity index (χ0n) is 20.0. The predicted octanol–water partition coefficient (Wildman–Crippen LogP) is 3.57. The summed E-state index contributed by atoms with van der Waals surface area (Å²) in [6.45, 7) is 6.41. The molecule has 3 heterocycles. The number of pyridine rings is 1. The van der Waals surface area contributed by atoms with Crippen LogP contribution in [0.4, 0.5) is 0 Å². The van der Waals surface area contributed by atoms with Crippen LogP contribution < -0.4 is 4.74 Å². The number of aliphatic hydroxyl groups excluding tert-OH is 1. The molecule has 0 spiro atoms. The lowest BCUT2D eigenvalue weighted by Gasteiger charge is -2.44. The van der Waals surface area contributed by atoms with Gasteiger partial charge in [-0.1, -0.05) is 23.7 Å². The molecule has 1 aliphatic heterocycles. The van der Waals surface area contributed by atoms with E-state index >= 15 is 0 Å². The number of hydrogen-bond acceptors (Lipinski definition) is 6. The maximum absolute atomic E-state index is 13.5. The lowest BCUT2D eigenvalue weighted by atomic mass is 9.95. The maximum atomic E-state index is 13.5. The second kappa shape index (κ2) is 9.90. The molecule has 2 unspecified atom stereocenters. The van der Waals surface area contributed by atoms with Crippen LogP contribution >= 0.6 is 11.6 Å². The first-order chi connectivity index (χ1) is 16.2. The van der Waals surface area contributed by atoms with E-state index in [1.54, 1.807) is 35.7 Å². The maximum Gasteiger partial charge on any atom is 0.255 e. The molecule has 1 aromatic carbocycles. The molecular weight excluding hydrogens is 456 g/mol. The largest absolute Gasteiger partial charge is 0.493 e. The number of carbonyl (C=O) groups is 1. The molecule has 3 atom stereocenters. The molecule has 1 fully saturated rings. The summed E-state index contributed by atoms with van der Waals surface area (Å²) in [5.74, 6) is 1.01. The number of fused-ring (bicyclic) bond motifs is 1. The Morgan fingerprint density at radius 2 is 2.18 bits per heavy atom. The van der Waals surface area contributed by atoms with Crippen LogP contribution in [-0.2, 0) is 17.6 Å². The average molecular weight is 487 g/mol. The van der Waals surface area contributed by atoms with Gasteiger partial charge in [-0.3, -0.25) is 4.79 Å². The van der Waals surface area contributed by atoms with Gasteiger partial charge in [0.05, 0.1) is 43.6 Å². The van der Waals surface area contributed by atoms with Gasteiger partial charge < -0.3 is 19.5 Å². The quantitative estimate of drug-likeness (QED) is 0.549. The van der Waals surface area contributed by atoms with Gasteiger partial charge in [-0.05, 0) is 51.0 Å². The minimum Gasteiger partial charge on any atom is -0.493 e. The second-order valence-electron chi connectivity index (χ2n) is 9.32. The molecular formula is C25H31ClN4O4. The zero-order chi connectivity index (χ0) is 24.5. The van der Waals surface area contributed by atoms with E-state index in [1.807, 2.05) is 38.1 Å². The molecule has 0 aliphatic carbocycles. The number of halogens is 1. The van der Waals surface area contributed by atoms with Crippen molar-refractivity contribution in [1.29, 1.82) is 0 Å². The first kappa shape index (κ1) is 24.4. The SMILES string of the molecule is COc1cc(C(=O)N2CC(C)(CC(C)O)OC[C@H]2C)cn2nc(CCc3cccc(Cl)c3)nc12. The van der Waals surface area contributed by atoms with Gasteiger partial charge in [-0.25, -0.2) is 9.50 Å². The summed E-state index contributed by atoms with van der Waals surface area (Å²) in [4.78, 5) is 19.9. The van der Waals surface area contributed by atoms with Crippen molar-refractivity contribution < 1.29 is 19.4 Å². The number of carbonyl (C=O) groups excluding carboxylic acids is 1. The first-order valence-corrected chi connectivity index (χ1v) is 11.9. The van der Waals surface area contributed by atoms with E-state index in [1.165, 1.54) is 0 Å². The van der Waals surface area contributed by atoms with Crippen LogP contribution in [0.1, 0.15) is 48.9 Å². The highest BCUT2D eigenvalue weighted by Crippen LogP contribution is 2.28. The van der Waals surface area contributed by atoms with Crippen molar-refractivity contribution in [3.05, 3.63) is 58.5 Å². The topological polar surface area (TPSA) is 89.2 Å². The van der Waals surface area contributed by atoms with Crippen molar-refractivity contribution in [1.82, 2.24) is 19.5 Å². The molecule has 0 radical (unpaired) electrons. The minimum atomic E-state index is -0.606. The van der Waals surface area contributed by atoms with Crippen LogP contribution in [0.5, 0.6) is 5.75 Å². The molecule has 0 bridgehead atoms. The van der Waals surface area contributed by atoms with Gasteiger partial charge in [0.15, 0.2) is 17.2 Å². The van der Waals surface area contributed by atoms with E-state index in [4.69, 9.17) is 21.1 Å². The smallest absolute Gasteiger partial charge is 0.255 e. The number of aliphatic hydroxyl groups is 1. The molecule has 1 aliphatic rings. The standard InChI is InChI=1S/C25H31ClN4O4/c1-16-14-34-25(3,12-17(2)31)15-29(16)24(32)19-11-21(33-4)23-27-22(28-30(23)13-19)9-8-18-6-5-7-20(26)10-18/h5-7,10-11,13,16-17,31H,8-9,12,14-15H2,1-4H3/t16-,17?,25?/m1/s1. The fraction of sp³-hybridized carbons (Fsp3) is 0.480. The lowest BCUT2D eigenvalue weighted by molar-refractivity contribution is -0.124. The number of methoxy groups -OCH3 is 1. The number of aryl methyl sites for hydroxylation is 2. The van der Waals surface area contributed by atoms with Crippen LogP contribution in [0.15, 0.2) is 36.5 Å². The monoisotopic (exact) mass is 486 g/mol. The molecule has 2 aromatic heterocycles.